The van der Waals surface area contributed by atoms with E-state index >= 15 is 0 Å². The van der Waals surface area contributed by atoms with E-state index in [-0.39, 0.29) is 11.2 Å². The van der Waals surface area contributed by atoms with Crippen LogP contribution in [-0.2, 0) is 0 Å². The number of alkyl halides is 2. The molecule has 0 aliphatic rings. The van der Waals surface area contributed by atoms with Gasteiger partial charge in [0.1, 0.15) is 24.3 Å². The highest BCUT2D eigenvalue weighted by molar-refractivity contribution is 5.73. The number of fused-ring (bicyclic) bond motifs is 1. The molecular weight excluding hydrogens is 301 g/mol. The lowest BCUT2D eigenvalue weighted by Gasteiger charge is -2.21. The van der Waals surface area contributed by atoms with E-state index in [0.29, 0.717) is 5.52 Å². The molecule has 0 fully saturated rings. The van der Waals surface area contributed by atoms with E-state index in [9.17, 15) is 18.3 Å². The van der Waals surface area contributed by atoms with Crippen LogP contribution >= 0.6 is 0 Å². The first kappa shape index (κ1) is 14.3. The van der Waals surface area contributed by atoms with Gasteiger partial charge in [0.2, 0.25) is 0 Å². The summed E-state index contributed by atoms with van der Waals surface area (Å²) in [6.45, 7) is 0. The van der Waals surface area contributed by atoms with Crippen LogP contribution in [0.4, 0.5) is 13.2 Å². The van der Waals surface area contributed by atoms with Crippen LogP contribution in [-0.4, -0.2) is 47.8 Å². The van der Waals surface area contributed by atoms with Crippen molar-refractivity contribution in [1.82, 2.24) is 30.2 Å². The third kappa shape index (κ3) is 2.60. The third-order valence-electron chi connectivity index (χ3n) is 3.06. The van der Waals surface area contributed by atoms with Crippen LogP contribution in [0.2, 0.25) is 0 Å². The van der Waals surface area contributed by atoms with Gasteiger partial charge in [0.25, 0.3) is 6.43 Å². The number of hydrogen-bond donors (Lipinski definition) is 1. The molecule has 3 rings (SSSR count). The maximum atomic E-state index is 13.1. The number of tetrazole rings is 1. The Kier molecular flexibility index (Phi) is 3.67. The second-order valence-corrected chi connectivity index (χ2v) is 4.49. The molecule has 2 aromatic heterocycles. The standard InChI is InChI=1S/C12H9F3N6O/c13-6-1-2-7-8(3-6)16-4-9(18-7)10(11(22)12(14)15)21-5-17-19-20-21/h1-5,10-12,22H. The molecule has 2 atom stereocenters. The quantitative estimate of drug-likeness (QED) is 0.772. The molecule has 3 aromatic rings. The molecule has 10 heteroatoms. The predicted octanol–water partition coefficient (Wildman–Crippen LogP) is 0.971. The van der Waals surface area contributed by atoms with E-state index in [0.717, 1.165) is 11.0 Å². The number of rotatable bonds is 4. The van der Waals surface area contributed by atoms with Gasteiger partial charge >= 0.3 is 0 Å². The van der Waals surface area contributed by atoms with Crippen LogP contribution in [0.1, 0.15) is 11.7 Å². The SMILES string of the molecule is OC(C(F)F)C(c1cnc2cc(F)ccc2n1)n1cnnn1. The summed E-state index contributed by atoms with van der Waals surface area (Å²) in [5.41, 5.74) is 0.614. The van der Waals surface area contributed by atoms with Gasteiger partial charge in [-0.1, -0.05) is 0 Å². The zero-order valence-corrected chi connectivity index (χ0v) is 10.9. The van der Waals surface area contributed by atoms with Crippen molar-refractivity contribution >= 4 is 11.0 Å². The smallest absolute Gasteiger partial charge is 0.266 e. The van der Waals surface area contributed by atoms with Crippen molar-refractivity contribution in [2.24, 2.45) is 0 Å². The Morgan fingerprint density at radius 1 is 1.18 bits per heavy atom. The predicted molar refractivity (Wildman–Crippen MR) is 67.5 cm³/mol. The molecule has 0 aliphatic heterocycles. The van der Waals surface area contributed by atoms with Gasteiger partial charge in [-0.05, 0) is 22.6 Å². The fourth-order valence-corrected chi connectivity index (χ4v) is 2.04. The largest absolute Gasteiger partial charge is 0.384 e. The summed E-state index contributed by atoms with van der Waals surface area (Å²) in [5.74, 6) is -0.487. The highest BCUT2D eigenvalue weighted by atomic mass is 19.3. The van der Waals surface area contributed by atoms with Gasteiger partial charge in [0, 0.05) is 6.07 Å². The molecule has 1 N–H and O–H groups in total. The lowest BCUT2D eigenvalue weighted by Crippen LogP contribution is -2.32. The number of hydrogen-bond acceptors (Lipinski definition) is 6. The molecule has 1 aromatic carbocycles. The minimum absolute atomic E-state index is 0.0409. The van der Waals surface area contributed by atoms with Crippen molar-refractivity contribution in [3.8, 4) is 0 Å². The van der Waals surface area contributed by atoms with E-state index < -0.39 is 24.4 Å². The summed E-state index contributed by atoms with van der Waals surface area (Å²) in [4.78, 5) is 8.11. The van der Waals surface area contributed by atoms with Gasteiger partial charge in [-0.15, -0.1) is 5.10 Å². The van der Waals surface area contributed by atoms with Crippen molar-refractivity contribution in [2.45, 2.75) is 18.6 Å². The zero-order valence-electron chi connectivity index (χ0n) is 10.9. The average molecular weight is 310 g/mol. The number of aromatic nitrogens is 6. The highest BCUT2D eigenvalue weighted by Crippen LogP contribution is 2.24. The number of nitrogens with zero attached hydrogens (tertiary/aromatic N) is 6. The minimum atomic E-state index is -3.03. The first-order valence-corrected chi connectivity index (χ1v) is 6.17. The van der Waals surface area contributed by atoms with Gasteiger partial charge in [0.15, 0.2) is 0 Å². The summed E-state index contributed by atoms with van der Waals surface area (Å²) < 4.78 is 39.9. The second kappa shape index (κ2) is 5.64. The number of aliphatic hydroxyl groups excluding tert-OH is 1. The van der Waals surface area contributed by atoms with Gasteiger partial charge in [-0.2, -0.15) is 0 Å². The van der Waals surface area contributed by atoms with Crippen molar-refractivity contribution in [2.75, 3.05) is 0 Å². The Labute approximate surface area is 121 Å². The Morgan fingerprint density at radius 2 is 2.00 bits per heavy atom. The first-order chi connectivity index (χ1) is 10.6. The Morgan fingerprint density at radius 3 is 2.68 bits per heavy atom. The molecule has 0 saturated heterocycles. The van der Waals surface area contributed by atoms with Crippen LogP contribution in [0, 0.1) is 5.82 Å². The minimum Gasteiger partial charge on any atom is -0.384 e. The zero-order chi connectivity index (χ0) is 15.7. The van der Waals surface area contributed by atoms with Crippen molar-refractivity contribution in [3.63, 3.8) is 0 Å². The fraction of sp³-hybridized carbons (Fsp3) is 0.250. The summed E-state index contributed by atoms with van der Waals surface area (Å²) in [5, 5.41) is 20.0. The Balaban J connectivity index is 2.09. The lowest BCUT2D eigenvalue weighted by molar-refractivity contribution is -0.0292. The van der Waals surface area contributed by atoms with E-state index in [1.165, 1.54) is 24.4 Å². The van der Waals surface area contributed by atoms with Crippen LogP contribution in [0.5, 0.6) is 0 Å². The summed E-state index contributed by atoms with van der Waals surface area (Å²) in [6.07, 6.45) is -2.83. The second-order valence-electron chi connectivity index (χ2n) is 4.49. The van der Waals surface area contributed by atoms with Crippen LogP contribution in [0.15, 0.2) is 30.7 Å². The van der Waals surface area contributed by atoms with Crippen LogP contribution in [0.3, 0.4) is 0 Å². The maximum absolute atomic E-state index is 13.1. The van der Waals surface area contributed by atoms with E-state index in [1.54, 1.807) is 0 Å². The molecule has 0 spiro atoms. The van der Waals surface area contributed by atoms with Crippen molar-refractivity contribution in [1.29, 1.82) is 0 Å². The summed E-state index contributed by atoms with van der Waals surface area (Å²) >= 11 is 0. The van der Waals surface area contributed by atoms with E-state index in [4.69, 9.17) is 0 Å². The van der Waals surface area contributed by atoms with Crippen molar-refractivity contribution < 1.29 is 18.3 Å². The topological polar surface area (TPSA) is 89.6 Å². The highest BCUT2D eigenvalue weighted by Gasteiger charge is 2.33. The van der Waals surface area contributed by atoms with Crippen LogP contribution < -0.4 is 0 Å². The molecule has 7 nitrogen and oxygen atoms in total. The monoisotopic (exact) mass is 310 g/mol. The first-order valence-electron chi connectivity index (χ1n) is 6.17. The molecule has 22 heavy (non-hydrogen) atoms. The fourth-order valence-electron chi connectivity index (χ4n) is 2.04. The molecule has 0 radical (unpaired) electrons. The number of halogens is 3. The van der Waals surface area contributed by atoms with Crippen molar-refractivity contribution in [3.05, 3.63) is 42.2 Å². The maximum Gasteiger partial charge on any atom is 0.266 e. The molecule has 0 bridgehead atoms. The molecule has 0 amide bonds. The average Bonchev–Trinajstić information content (AvgIpc) is 3.01. The van der Waals surface area contributed by atoms with Crippen LogP contribution in [0.25, 0.3) is 11.0 Å². The van der Waals surface area contributed by atoms with Gasteiger partial charge in [-0.25, -0.2) is 22.8 Å². The van der Waals surface area contributed by atoms with Gasteiger partial charge < -0.3 is 5.11 Å². The molecular formula is C12H9F3N6O. The molecule has 0 saturated carbocycles. The molecule has 0 aliphatic carbocycles. The number of benzene rings is 1. The van der Waals surface area contributed by atoms with E-state index in [2.05, 4.69) is 25.5 Å². The lowest BCUT2D eigenvalue weighted by atomic mass is 10.1. The third-order valence-corrected chi connectivity index (χ3v) is 3.06. The molecule has 2 heterocycles. The summed E-state index contributed by atoms with van der Waals surface area (Å²) in [7, 11) is 0. The molecule has 114 valence electrons. The van der Waals surface area contributed by atoms with E-state index in [1.807, 2.05) is 0 Å². The normalized spacial score (nSPS) is 14.4. The van der Waals surface area contributed by atoms with Gasteiger partial charge in [-0.3, -0.25) is 4.98 Å². The summed E-state index contributed by atoms with van der Waals surface area (Å²) in [6, 6.07) is 2.40. The number of aliphatic hydroxyl groups is 1. The Bertz CT molecular complexity index is 782. The molecule has 2 unspecified atom stereocenters. The van der Waals surface area contributed by atoms with Gasteiger partial charge in [0.05, 0.1) is 22.9 Å². The Hall–Kier alpha value is -2.62.